The molecule has 3 N–H and O–H groups in total. The third kappa shape index (κ3) is 2.45. The van der Waals surface area contributed by atoms with Crippen LogP contribution in [0, 0.1) is 5.92 Å². The molecule has 0 spiro atoms. The summed E-state index contributed by atoms with van der Waals surface area (Å²) in [5, 5.41) is 9.22. The maximum Gasteiger partial charge on any atom is 0.149 e. The zero-order chi connectivity index (χ0) is 8.31. The van der Waals surface area contributed by atoms with Crippen LogP contribution < -0.4 is 5.73 Å². The minimum atomic E-state index is -0.722. The smallest absolute Gasteiger partial charge is 0.149 e. The highest BCUT2D eigenvalue weighted by Gasteiger charge is 2.21. The second-order valence-electron chi connectivity index (χ2n) is 2.87. The molecule has 0 aromatic heterocycles. The fourth-order valence-corrected chi connectivity index (χ4v) is 0.655. The number of carbonyl (C=O) groups is 1. The summed E-state index contributed by atoms with van der Waals surface area (Å²) in [6.45, 7) is 5.04. The number of rotatable bonds is 3. The number of hydrogen-bond acceptors (Lipinski definition) is 3. The molecular formula is C7H15NO2. The molecule has 0 rings (SSSR count). The fraction of sp³-hybridized carbons (Fsp3) is 0.857. The van der Waals surface area contributed by atoms with Crippen molar-refractivity contribution < 1.29 is 9.90 Å². The first-order chi connectivity index (χ1) is 4.46. The van der Waals surface area contributed by atoms with Crippen LogP contribution in [0.5, 0.6) is 0 Å². The second-order valence-corrected chi connectivity index (χ2v) is 2.87. The Balaban J connectivity index is 3.94. The van der Waals surface area contributed by atoms with Gasteiger partial charge in [-0.05, 0) is 12.8 Å². The Hall–Kier alpha value is -0.410. The predicted molar refractivity (Wildman–Crippen MR) is 39.5 cm³/mol. The van der Waals surface area contributed by atoms with Crippen molar-refractivity contribution in [3.05, 3.63) is 0 Å². The highest BCUT2D eigenvalue weighted by molar-refractivity contribution is 5.81. The van der Waals surface area contributed by atoms with E-state index >= 15 is 0 Å². The van der Waals surface area contributed by atoms with E-state index in [1.807, 2.05) is 13.8 Å². The van der Waals surface area contributed by atoms with E-state index in [1.54, 1.807) is 0 Å². The van der Waals surface area contributed by atoms with Gasteiger partial charge in [0.2, 0.25) is 0 Å². The molecule has 0 bridgehead atoms. The lowest BCUT2D eigenvalue weighted by Gasteiger charge is -2.19. The van der Waals surface area contributed by atoms with Crippen LogP contribution in [0.15, 0.2) is 0 Å². The van der Waals surface area contributed by atoms with E-state index in [1.165, 1.54) is 6.92 Å². The molecule has 3 heteroatoms. The molecule has 0 unspecified atom stereocenters. The van der Waals surface area contributed by atoms with Crippen molar-refractivity contribution in [2.24, 2.45) is 11.7 Å². The Bertz CT molecular complexity index is 123. The third-order valence-electron chi connectivity index (χ3n) is 1.52. The van der Waals surface area contributed by atoms with Crippen LogP contribution in [-0.4, -0.2) is 23.0 Å². The molecule has 60 valence electrons. The summed E-state index contributed by atoms with van der Waals surface area (Å²) in [6.07, 6.45) is -0.711. The molecule has 0 aliphatic rings. The number of ketones is 1. The minimum Gasteiger partial charge on any atom is -0.391 e. The number of hydrogen-bond donors (Lipinski definition) is 2. The van der Waals surface area contributed by atoms with E-state index in [2.05, 4.69) is 0 Å². The summed E-state index contributed by atoms with van der Waals surface area (Å²) in [6, 6.07) is -0.722. The summed E-state index contributed by atoms with van der Waals surface area (Å²) >= 11 is 0. The largest absolute Gasteiger partial charge is 0.391 e. The monoisotopic (exact) mass is 145 g/mol. The van der Waals surface area contributed by atoms with Crippen LogP contribution in [0.1, 0.15) is 20.8 Å². The molecule has 2 atom stereocenters. The zero-order valence-electron chi connectivity index (χ0n) is 6.66. The summed E-state index contributed by atoms with van der Waals surface area (Å²) in [5.41, 5.74) is 5.36. The molecule has 0 aliphatic heterocycles. The fourth-order valence-electron chi connectivity index (χ4n) is 0.655. The summed E-state index contributed by atoms with van der Waals surface area (Å²) in [5.74, 6) is -0.125. The van der Waals surface area contributed by atoms with Crippen molar-refractivity contribution in [2.45, 2.75) is 32.9 Å². The van der Waals surface area contributed by atoms with E-state index in [4.69, 9.17) is 5.73 Å². The zero-order valence-corrected chi connectivity index (χ0v) is 6.66. The maximum absolute atomic E-state index is 10.6. The van der Waals surface area contributed by atoms with Crippen LogP contribution in [0.25, 0.3) is 0 Å². The SMILES string of the molecule is CC(=O)[C@H](N)[C@@H](O)C(C)C. The topological polar surface area (TPSA) is 63.3 Å². The van der Waals surface area contributed by atoms with E-state index in [0.29, 0.717) is 0 Å². The molecule has 0 heterocycles. The molecule has 0 amide bonds. The summed E-state index contributed by atoms with van der Waals surface area (Å²) in [4.78, 5) is 10.6. The molecule has 0 fully saturated rings. The quantitative estimate of drug-likeness (QED) is 0.584. The Labute approximate surface area is 61.2 Å². The predicted octanol–water partition coefficient (Wildman–Crippen LogP) is -0.0804. The van der Waals surface area contributed by atoms with Crippen LogP contribution in [0.2, 0.25) is 0 Å². The molecule has 0 saturated heterocycles. The van der Waals surface area contributed by atoms with E-state index in [9.17, 15) is 9.90 Å². The molecule has 0 aromatic rings. The molecule has 3 nitrogen and oxygen atoms in total. The van der Waals surface area contributed by atoms with Crippen molar-refractivity contribution in [3.8, 4) is 0 Å². The van der Waals surface area contributed by atoms with Crippen molar-refractivity contribution in [1.29, 1.82) is 0 Å². The van der Waals surface area contributed by atoms with Crippen LogP contribution >= 0.6 is 0 Å². The normalized spacial score (nSPS) is 17.0. The molecule has 10 heavy (non-hydrogen) atoms. The van der Waals surface area contributed by atoms with Gasteiger partial charge < -0.3 is 10.8 Å². The molecule has 0 saturated carbocycles. The molecular weight excluding hydrogens is 130 g/mol. The number of aliphatic hydroxyl groups excluding tert-OH is 1. The van der Waals surface area contributed by atoms with Gasteiger partial charge in [0.25, 0.3) is 0 Å². The average molecular weight is 145 g/mol. The highest BCUT2D eigenvalue weighted by Crippen LogP contribution is 2.04. The first kappa shape index (κ1) is 9.59. The van der Waals surface area contributed by atoms with E-state index in [-0.39, 0.29) is 11.7 Å². The van der Waals surface area contributed by atoms with Gasteiger partial charge in [-0.1, -0.05) is 13.8 Å². The van der Waals surface area contributed by atoms with Crippen LogP contribution in [0.3, 0.4) is 0 Å². The number of aliphatic hydroxyl groups is 1. The second kappa shape index (κ2) is 3.68. The number of Topliss-reactive ketones (excluding diaryl/α,β-unsaturated/α-hetero) is 1. The maximum atomic E-state index is 10.6. The molecule has 0 aromatic carbocycles. The number of nitrogens with two attached hydrogens (primary N) is 1. The minimum absolute atomic E-state index is 0.0406. The summed E-state index contributed by atoms with van der Waals surface area (Å²) in [7, 11) is 0. The van der Waals surface area contributed by atoms with Crippen molar-refractivity contribution >= 4 is 5.78 Å². The Morgan fingerprint density at radius 3 is 2.00 bits per heavy atom. The standard InChI is InChI=1S/C7H15NO2/c1-4(2)7(10)6(8)5(3)9/h4,6-7,10H,8H2,1-3H3/t6-,7-/m0/s1. The summed E-state index contributed by atoms with van der Waals surface area (Å²) < 4.78 is 0. The average Bonchev–Trinajstić information content (AvgIpc) is 1.84. The highest BCUT2D eigenvalue weighted by atomic mass is 16.3. The van der Waals surface area contributed by atoms with Crippen molar-refractivity contribution in [2.75, 3.05) is 0 Å². The van der Waals surface area contributed by atoms with Crippen molar-refractivity contribution in [1.82, 2.24) is 0 Å². The number of carbonyl (C=O) groups excluding carboxylic acids is 1. The van der Waals surface area contributed by atoms with Gasteiger partial charge in [-0.15, -0.1) is 0 Å². The first-order valence-electron chi connectivity index (χ1n) is 3.41. The van der Waals surface area contributed by atoms with Gasteiger partial charge in [-0.2, -0.15) is 0 Å². The Morgan fingerprint density at radius 1 is 1.50 bits per heavy atom. The molecule has 0 aliphatic carbocycles. The van der Waals surface area contributed by atoms with Crippen LogP contribution in [0.4, 0.5) is 0 Å². The van der Waals surface area contributed by atoms with Crippen molar-refractivity contribution in [3.63, 3.8) is 0 Å². The van der Waals surface area contributed by atoms with Gasteiger partial charge in [0.05, 0.1) is 12.1 Å². The lowest BCUT2D eigenvalue weighted by Crippen LogP contribution is -2.43. The van der Waals surface area contributed by atoms with Gasteiger partial charge >= 0.3 is 0 Å². The van der Waals surface area contributed by atoms with Gasteiger partial charge in [-0.25, -0.2) is 0 Å². The molecule has 0 radical (unpaired) electrons. The lowest BCUT2D eigenvalue weighted by molar-refractivity contribution is -0.121. The van der Waals surface area contributed by atoms with Gasteiger partial charge in [0.15, 0.2) is 0 Å². The van der Waals surface area contributed by atoms with Gasteiger partial charge in [0, 0.05) is 0 Å². The van der Waals surface area contributed by atoms with Gasteiger partial charge in [0.1, 0.15) is 5.78 Å². The van der Waals surface area contributed by atoms with E-state index in [0.717, 1.165) is 0 Å². The van der Waals surface area contributed by atoms with Crippen LogP contribution in [-0.2, 0) is 4.79 Å². The first-order valence-corrected chi connectivity index (χ1v) is 3.41. The van der Waals surface area contributed by atoms with E-state index < -0.39 is 12.1 Å². The lowest BCUT2D eigenvalue weighted by atomic mass is 9.98. The Morgan fingerprint density at radius 2 is 1.90 bits per heavy atom. The van der Waals surface area contributed by atoms with Gasteiger partial charge in [-0.3, -0.25) is 4.79 Å². The third-order valence-corrected chi connectivity index (χ3v) is 1.52. The Kier molecular flexibility index (Phi) is 3.53.